The second-order valence-electron chi connectivity index (χ2n) is 4.08. The zero-order valence-corrected chi connectivity index (χ0v) is 10.2. The number of hydrogen-bond donors (Lipinski definition) is 2. The first-order valence-corrected chi connectivity index (χ1v) is 6.07. The predicted molar refractivity (Wildman–Crippen MR) is 71.2 cm³/mol. The number of nitrogens with zero attached hydrogens (tertiary/aromatic N) is 2. The quantitative estimate of drug-likeness (QED) is 0.815. The van der Waals surface area contributed by atoms with Gasteiger partial charge in [-0.2, -0.15) is 0 Å². The fraction of sp³-hybridized carbons (Fsp3) is 0.286. The SMILES string of the molecule is OCCCc1cccc(NCc2cnccn2)c1. The first-order valence-electron chi connectivity index (χ1n) is 6.07. The normalized spacial score (nSPS) is 10.3. The summed E-state index contributed by atoms with van der Waals surface area (Å²) in [5.41, 5.74) is 3.21. The molecule has 0 fully saturated rings. The molecule has 4 heteroatoms. The fourth-order valence-electron chi connectivity index (χ4n) is 1.73. The fourth-order valence-corrected chi connectivity index (χ4v) is 1.73. The Labute approximate surface area is 107 Å². The molecule has 0 bridgehead atoms. The van der Waals surface area contributed by atoms with Gasteiger partial charge >= 0.3 is 0 Å². The van der Waals surface area contributed by atoms with Gasteiger partial charge < -0.3 is 10.4 Å². The van der Waals surface area contributed by atoms with E-state index in [1.54, 1.807) is 18.6 Å². The maximum atomic E-state index is 8.82. The van der Waals surface area contributed by atoms with Gasteiger partial charge in [0.05, 0.1) is 18.4 Å². The lowest BCUT2D eigenvalue weighted by molar-refractivity contribution is 0.288. The third kappa shape index (κ3) is 3.82. The van der Waals surface area contributed by atoms with Crippen LogP contribution >= 0.6 is 0 Å². The summed E-state index contributed by atoms with van der Waals surface area (Å²) in [5.74, 6) is 0. The second-order valence-corrected chi connectivity index (χ2v) is 4.08. The first kappa shape index (κ1) is 12.5. The molecule has 1 aromatic carbocycles. The number of anilines is 1. The number of hydrogen-bond acceptors (Lipinski definition) is 4. The number of aliphatic hydroxyl groups excluding tert-OH is 1. The Bertz CT molecular complexity index is 473. The Morgan fingerprint density at radius 2 is 2.17 bits per heavy atom. The van der Waals surface area contributed by atoms with Gasteiger partial charge in [-0.25, -0.2) is 0 Å². The van der Waals surface area contributed by atoms with E-state index in [0.29, 0.717) is 6.54 Å². The number of benzene rings is 1. The van der Waals surface area contributed by atoms with Gasteiger partial charge in [0.25, 0.3) is 0 Å². The highest BCUT2D eigenvalue weighted by atomic mass is 16.2. The third-order valence-electron chi connectivity index (χ3n) is 2.64. The van der Waals surface area contributed by atoms with E-state index in [9.17, 15) is 0 Å². The summed E-state index contributed by atoms with van der Waals surface area (Å²) in [6, 6.07) is 8.22. The highest BCUT2D eigenvalue weighted by Crippen LogP contribution is 2.12. The van der Waals surface area contributed by atoms with Gasteiger partial charge in [0, 0.05) is 24.7 Å². The molecule has 18 heavy (non-hydrogen) atoms. The van der Waals surface area contributed by atoms with Crippen LogP contribution in [-0.2, 0) is 13.0 Å². The van der Waals surface area contributed by atoms with Crippen LogP contribution in [0.5, 0.6) is 0 Å². The molecule has 0 aliphatic carbocycles. The first-order chi connectivity index (χ1) is 8.88. The minimum atomic E-state index is 0.233. The summed E-state index contributed by atoms with van der Waals surface area (Å²) in [6.07, 6.45) is 6.81. The van der Waals surface area contributed by atoms with Gasteiger partial charge in [-0.1, -0.05) is 12.1 Å². The Morgan fingerprint density at radius 3 is 2.94 bits per heavy atom. The summed E-state index contributed by atoms with van der Waals surface area (Å²) < 4.78 is 0. The van der Waals surface area contributed by atoms with Crippen LogP contribution in [0, 0.1) is 0 Å². The predicted octanol–water partition coefficient (Wildman–Crippen LogP) is 2.01. The second kappa shape index (κ2) is 6.71. The molecule has 0 unspecified atom stereocenters. The standard InChI is InChI=1S/C14H17N3O/c18-8-2-4-12-3-1-5-13(9-12)17-11-14-10-15-6-7-16-14/h1,3,5-7,9-10,17-18H,2,4,8,11H2. The Kier molecular flexibility index (Phi) is 4.67. The molecular formula is C14H17N3O. The summed E-state index contributed by atoms with van der Waals surface area (Å²) in [7, 11) is 0. The highest BCUT2D eigenvalue weighted by molar-refractivity contribution is 5.45. The Hall–Kier alpha value is -1.94. The average molecular weight is 243 g/mol. The molecule has 0 radical (unpaired) electrons. The van der Waals surface area contributed by atoms with Crippen LogP contribution in [0.1, 0.15) is 17.7 Å². The number of aryl methyl sites for hydroxylation is 1. The molecule has 2 rings (SSSR count). The molecule has 0 atom stereocenters. The van der Waals surface area contributed by atoms with Gasteiger partial charge in [0.2, 0.25) is 0 Å². The zero-order chi connectivity index (χ0) is 12.6. The molecule has 0 amide bonds. The highest BCUT2D eigenvalue weighted by Gasteiger charge is 1.97. The number of nitrogens with one attached hydrogen (secondary N) is 1. The van der Waals surface area contributed by atoms with E-state index in [-0.39, 0.29) is 6.61 Å². The van der Waals surface area contributed by atoms with Crippen molar-refractivity contribution in [2.45, 2.75) is 19.4 Å². The summed E-state index contributed by atoms with van der Waals surface area (Å²) in [5, 5.41) is 12.1. The van der Waals surface area contributed by atoms with Gasteiger partial charge in [0.1, 0.15) is 0 Å². The molecule has 94 valence electrons. The van der Waals surface area contributed by atoms with Crippen LogP contribution < -0.4 is 5.32 Å². The van der Waals surface area contributed by atoms with E-state index in [1.165, 1.54) is 5.56 Å². The molecule has 4 nitrogen and oxygen atoms in total. The molecule has 2 N–H and O–H groups in total. The topological polar surface area (TPSA) is 58.0 Å². The van der Waals surface area contributed by atoms with Crippen molar-refractivity contribution in [1.29, 1.82) is 0 Å². The van der Waals surface area contributed by atoms with Crippen molar-refractivity contribution >= 4 is 5.69 Å². The summed E-state index contributed by atoms with van der Waals surface area (Å²) >= 11 is 0. The number of aliphatic hydroxyl groups is 1. The van der Waals surface area contributed by atoms with Crippen molar-refractivity contribution in [3.8, 4) is 0 Å². The lowest BCUT2D eigenvalue weighted by Crippen LogP contribution is -2.02. The van der Waals surface area contributed by atoms with Crippen LogP contribution in [0.25, 0.3) is 0 Å². The molecule has 0 saturated heterocycles. The lowest BCUT2D eigenvalue weighted by Gasteiger charge is -2.07. The van der Waals surface area contributed by atoms with Gasteiger partial charge in [-0.15, -0.1) is 0 Å². The zero-order valence-electron chi connectivity index (χ0n) is 10.2. The van der Waals surface area contributed by atoms with Crippen molar-refractivity contribution in [2.75, 3.05) is 11.9 Å². The molecule has 0 spiro atoms. The number of aromatic nitrogens is 2. The molecule has 0 saturated carbocycles. The average Bonchev–Trinajstić information content (AvgIpc) is 2.44. The van der Waals surface area contributed by atoms with Gasteiger partial charge in [0.15, 0.2) is 0 Å². The van der Waals surface area contributed by atoms with Gasteiger partial charge in [-0.05, 0) is 30.5 Å². The Balaban J connectivity index is 1.93. The maximum absolute atomic E-state index is 8.82. The van der Waals surface area contributed by atoms with Crippen LogP contribution in [-0.4, -0.2) is 21.7 Å². The van der Waals surface area contributed by atoms with E-state index >= 15 is 0 Å². The smallest absolute Gasteiger partial charge is 0.0777 e. The van der Waals surface area contributed by atoms with Crippen LogP contribution in [0.4, 0.5) is 5.69 Å². The van der Waals surface area contributed by atoms with Crippen molar-refractivity contribution in [3.63, 3.8) is 0 Å². The molecule has 1 heterocycles. The minimum absolute atomic E-state index is 0.233. The van der Waals surface area contributed by atoms with E-state index in [4.69, 9.17) is 5.11 Å². The molecule has 0 aliphatic heterocycles. The van der Waals surface area contributed by atoms with Crippen molar-refractivity contribution in [2.24, 2.45) is 0 Å². The largest absolute Gasteiger partial charge is 0.396 e. The van der Waals surface area contributed by atoms with Crippen LogP contribution in [0.15, 0.2) is 42.9 Å². The van der Waals surface area contributed by atoms with E-state index in [1.807, 2.05) is 12.1 Å². The third-order valence-corrected chi connectivity index (χ3v) is 2.64. The van der Waals surface area contributed by atoms with E-state index < -0.39 is 0 Å². The van der Waals surface area contributed by atoms with Crippen molar-refractivity contribution in [1.82, 2.24) is 9.97 Å². The maximum Gasteiger partial charge on any atom is 0.0777 e. The van der Waals surface area contributed by atoms with Crippen LogP contribution in [0.2, 0.25) is 0 Å². The lowest BCUT2D eigenvalue weighted by atomic mass is 10.1. The van der Waals surface area contributed by atoms with Crippen LogP contribution in [0.3, 0.4) is 0 Å². The summed E-state index contributed by atoms with van der Waals surface area (Å²) in [4.78, 5) is 8.23. The monoisotopic (exact) mass is 243 g/mol. The van der Waals surface area contributed by atoms with Gasteiger partial charge in [-0.3, -0.25) is 9.97 Å². The Morgan fingerprint density at radius 1 is 1.22 bits per heavy atom. The summed E-state index contributed by atoms with van der Waals surface area (Å²) in [6.45, 7) is 0.897. The molecule has 2 aromatic rings. The molecule has 0 aliphatic rings. The molecule has 1 aromatic heterocycles. The minimum Gasteiger partial charge on any atom is -0.396 e. The van der Waals surface area contributed by atoms with Crippen molar-refractivity contribution < 1.29 is 5.11 Å². The van der Waals surface area contributed by atoms with E-state index in [2.05, 4.69) is 27.4 Å². The van der Waals surface area contributed by atoms with E-state index in [0.717, 1.165) is 24.2 Å². The number of rotatable bonds is 6. The molecular weight excluding hydrogens is 226 g/mol. The van der Waals surface area contributed by atoms with Crippen molar-refractivity contribution in [3.05, 3.63) is 54.1 Å².